The van der Waals surface area contributed by atoms with Crippen molar-refractivity contribution < 1.29 is 9.59 Å². The van der Waals surface area contributed by atoms with Crippen LogP contribution in [-0.2, 0) is 9.59 Å². The number of nitriles is 1. The molecule has 1 saturated heterocycles. The first kappa shape index (κ1) is 22.7. The summed E-state index contributed by atoms with van der Waals surface area (Å²) < 4.78 is 0. The molecule has 1 aliphatic rings. The zero-order chi connectivity index (χ0) is 22.9. The highest BCUT2D eigenvalue weighted by Gasteiger charge is 2.29. The van der Waals surface area contributed by atoms with Crippen molar-refractivity contribution in [1.82, 2.24) is 15.2 Å². The summed E-state index contributed by atoms with van der Waals surface area (Å²) >= 11 is 0. The highest BCUT2D eigenvalue weighted by molar-refractivity contribution is 5.99. The van der Waals surface area contributed by atoms with E-state index in [2.05, 4.69) is 20.6 Å². The van der Waals surface area contributed by atoms with Crippen LogP contribution < -0.4 is 15.5 Å². The molecule has 1 atom stereocenters. The summed E-state index contributed by atoms with van der Waals surface area (Å²) in [6.07, 6.45) is 7.24. The number of likely N-dealkylation sites (N-methyl/N-ethyl adjacent to an activating group) is 1. The molecule has 0 radical (unpaired) electrons. The van der Waals surface area contributed by atoms with Crippen molar-refractivity contribution in [3.8, 4) is 6.19 Å². The number of benzene rings is 1. The average Bonchev–Trinajstić information content (AvgIpc) is 2.95. The van der Waals surface area contributed by atoms with E-state index in [1.165, 1.54) is 4.90 Å². The van der Waals surface area contributed by atoms with Gasteiger partial charge < -0.3 is 15.1 Å². The van der Waals surface area contributed by atoms with Crippen LogP contribution in [0.2, 0.25) is 0 Å². The minimum absolute atomic E-state index is 0.0317. The first-order chi connectivity index (χ1) is 15.5. The largest absolute Gasteiger partial charge is 0.332 e. The standard InChI is InChI=1S/C23H27N7O2/c1-17-6-5-7-18(14-17)27-23(26-16-24)28-20-8-3-4-13-30(22(20)32)15-21(31)29(2)19-9-11-25-12-10-19/h5-7,9-12,14,20H,3-4,8,13,15H2,1-2H3,(H2,26,27,28). The molecular formula is C23H27N7O2. The maximum Gasteiger partial charge on any atom is 0.247 e. The Kier molecular flexibility index (Phi) is 7.75. The van der Waals surface area contributed by atoms with Gasteiger partial charge in [-0.25, -0.2) is 4.99 Å². The summed E-state index contributed by atoms with van der Waals surface area (Å²) in [5.41, 5.74) is 2.53. The fraction of sp³-hybridized carbons (Fsp3) is 0.348. The first-order valence-corrected chi connectivity index (χ1v) is 10.5. The summed E-state index contributed by atoms with van der Waals surface area (Å²) in [6.45, 7) is 2.43. The lowest BCUT2D eigenvalue weighted by atomic mass is 10.1. The van der Waals surface area contributed by atoms with Gasteiger partial charge in [0.15, 0.2) is 6.19 Å². The van der Waals surface area contributed by atoms with Gasteiger partial charge in [0.05, 0.1) is 0 Å². The van der Waals surface area contributed by atoms with Crippen molar-refractivity contribution >= 4 is 29.1 Å². The van der Waals surface area contributed by atoms with E-state index in [-0.39, 0.29) is 24.3 Å². The molecule has 2 amide bonds. The van der Waals surface area contributed by atoms with Crippen molar-refractivity contribution in [3.63, 3.8) is 0 Å². The van der Waals surface area contributed by atoms with Gasteiger partial charge in [0, 0.05) is 37.4 Å². The summed E-state index contributed by atoms with van der Waals surface area (Å²) in [5, 5.41) is 14.7. The summed E-state index contributed by atoms with van der Waals surface area (Å²) in [6, 6.07) is 10.4. The summed E-state index contributed by atoms with van der Waals surface area (Å²) in [7, 11) is 1.68. The molecule has 2 heterocycles. The number of nitrogens with zero attached hydrogens (tertiary/aromatic N) is 5. The quantitative estimate of drug-likeness (QED) is 0.324. The molecule has 1 unspecified atom stereocenters. The fourth-order valence-electron chi connectivity index (χ4n) is 3.51. The highest BCUT2D eigenvalue weighted by atomic mass is 16.2. The molecule has 0 bridgehead atoms. The van der Waals surface area contributed by atoms with E-state index in [1.54, 1.807) is 36.5 Å². The number of likely N-dealkylation sites (tertiary alicyclic amines) is 1. The van der Waals surface area contributed by atoms with Crippen LogP contribution in [0.15, 0.2) is 53.8 Å². The Morgan fingerprint density at radius 2 is 2.09 bits per heavy atom. The Labute approximate surface area is 187 Å². The van der Waals surface area contributed by atoms with Crippen molar-refractivity contribution in [1.29, 1.82) is 5.26 Å². The van der Waals surface area contributed by atoms with E-state index >= 15 is 0 Å². The Morgan fingerprint density at radius 3 is 2.81 bits per heavy atom. The molecule has 1 aromatic carbocycles. The minimum Gasteiger partial charge on any atom is -0.332 e. The zero-order valence-electron chi connectivity index (χ0n) is 18.3. The third kappa shape index (κ3) is 6.04. The number of rotatable bonds is 5. The number of hydrogen-bond donors (Lipinski definition) is 2. The number of aromatic nitrogens is 1. The molecule has 0 spiro atoms. The van der Waals surface area contributed by atoms with Gasteiger partial charge >= 0.3 is 0 Å². The fourth-order valence-corrected chi connectivity index (χ4v) is 3.51. The van der Waals surface area contributed by atoms with Crippen LogP contribution in [0.3, 0.4) is 0 Å². The van der Waals surface area contributed by atoms with E-state index in [9.17, 15) is 9.59 Å². The Balaban J connectivity index is 1.73. The Bertz CT molecular complexity index is 1020. The lowest BCUT2D eigenvalue weighted by Crippen LogP contribution is -2.45. The molecule has 2 aromatic rings. The van der Waals surface area contributed by atoms with Crippen molar-refractivity contribution in [3.05, 3.63) is 54.4 Å². The summed E-state index contributed by atoms with van der Waals surface area (Å²) in [5.74, 6) is -0.205. The van der Waals surface area contributed by atoms with Gasteiger partial charge in [0.25, 0.3) is 0 Å². The normalized spacial score (nSPS) is 16.7. The SMILES string of the molecule is Cc1cccc(NC(=NC2CCCCN(CC(=O)N(C)c3ccncc3)C2=O)NC#N)c1. The molecule has 0 saturated carbocycles. The number of carbonyl (C=O) groups is 2. The van der Waals surface area contributed by atoms with Crippen LogP contribution in [0.25, 0.3) is 0 Å². The van der Waals surface area contributed by atoms with E-state index in [4.69, 9.17) is 5.26 Å². The van der Waals surface area contributed by atoms with Crippen LogP contribution in [0.1, 0.15) is 24.8 Å². The number of aryl methyl sites for hydroxylation is 1. The summed E-state index contributed by atoms with van der Waals surface area (Å²) in [4.78, 5) is 37.5. The molecule has 3 rings (SSSR count). The Hall–Kier alpha value is -3.93. The van der Waals surface area contributed by atoms with Crippen molar-refractivity contribution in [2.45, 2.75) is 32.2 Å². The van der Waals surface area contributed by atoms with Gasteiger partial charge in [-0.1, -0.05) is 12.1 Å². The van der Waals surface area contributed by atoms with Gasteiger partial charge in [-0.15, -0.1) is 0 Å². The molecular weight excluding hydrogens is 406 g/mol. The molecule has 9 heteroatoms. The number of hydrogen-bond acceptors (Lipinski definition) is 5. The predicted molar refractivity (Wildman–Crippen MR) is 123 cm³/mol. The van der Waals surface area contributed by atoms with Gasteiger partial charge in [0.2, 0.25) is 17.8 Å². The van der Waals surface area contributed by atoms with E-state index < -0.39 is 6.04 Å². The number of carbonyl (C=O) groups excluding carboxylic acids is 2. The topological polar surface area (TPSA) is 114 Å². The van der Waals surface area contributed by atoms with Crippen molar-refractivity contribution in [2.75, 3.05) is 30.4 Å². The third-order valence-corrected chi connectivity index (χ3v) is 5.24. The van der Waals surface area contributed by atoms with Crippen LogP contribution in [0.5, 0.6) is 0 Å². The second kappa shape index (κ2) is 10.9. The van der Waals surface area contributed by atoms with Crippen LogP contribution >= 0.6 is 0 Å². The maximum absolute atomic E-state index is 13.2. The number of guanidine groups is 1. The van der Waals surface area contributed by atoms with Gasteiger partial charge in [-0.2, -0.15) is 5.26 Å². The second-order valence-electron chi connectivity index (χ2n) is 7.64. The van der Waals surface area contributed by atoms with Gasteiger partial charge in [-0.05, 0) is 56.0 Å². The molecule has 1 aliphatic heterocycles. The monoisotopic (exact) mass is 433 g/mol. The molecule has 1 fully saturated rings. The van der Waals surface area contributed by atoms with Gasteiger partial charge in [-0.3, -0.25) is 19.9 Å². The van der Waals surface area contributed by atoms with Crippen molar-refractivity contribution in [2.24, 2.45) is 4.99 Å². The first-order valence-electron chi connectivity index (χ1n) is 10.5. The van der Waals surface area contributed by atoms with E-state index in [0.29, 0.717) is 18.7 Å². The number of pyridine rings is 1. The molecule has 32 heavy (non-hydrogen) atoms. The van der Waals surface area contributed by atoms with Crippen LogP contribution in [-0.4, -0.2) is 53.8 Å². The number of amides is 2. The van der Waals surface area contributed by atoms with Crippen LogP contribution in [0.4, 0.5) is 11.4 Å². The molecule has 9 nitrogen and oxygen atoms in total. The number of aliphatic imine (C=N–C) groups is 1. The maximum atomic E-state index is 13.2. The predicted octanol–water partition coefficient (Wildman–Crippen LogP) is 2.27. The third-order valence-electron chi connectivity index (χ3n) is 5.24. The zero-order valence-corrected chi connectivity index (χ0v) is 18.3. The molecule has 2 N–H and O–H groups in total. The second-order valence-corrected chi connectivity index (χ2v) is 7.64. The smallest absolute Gasteiger partial charge is 0.247 e. The lowest BCUT2D eigenvalue weighted by molar-refractivity contribution is -0.135. The lowest BCUT2D eigenvalue weighted by Gasteiger charge is -2.25. The van der Waals surface area contributed by atoms with E-state index in [1.807, 2.05) is 37.4 Å². The highest BCUT2D eigenvalue weighted by Crippen LogP contribution is 2.17. The molecule has 166 valence electrons. The average molecular weight is 434 g/mol. The van der Waals surface area contributed by atoms with E-state index in [0.717, 1.165) is 24.1 Å². The number of nitrogens with one attached hydrogen (secondary N) is 2. The van der Waals surface area contributed by atoms with Crippen LogP contribution in [0, 0.1) is 18.4 Å². The number of anilines is 2. The Morgan fingerprint density at radius 1 is 1.31 bits per heavy atom. The molecule has 1 aromatic heterocycles. The molecule has 0 aliphatic carbocycles. The minimum atomic E-state index is -0.676. The van der Waals surface area contributed by atoms with Gasteiger partial charge in [0.1, 0.15) is 12.6 Å².